The first-order valence-electron chi connectivity index (χ1n) is 14.1. The Morgan fingerprint density at radius 1 is 1.00 bits per heavy atom. The Kier molecular flexibility index (Phi) is 9.80. The van der Waals surface area contributed by atoms with Gasteiger partial charge in [0.2, 0.25) is 0 Å². The van der Waals surface area contributed by atoms with Gasteiger partial charge in [0.05, 0.1) is 29.6 Å². The van der Waals surface area contributed by atoms with Gasteiger partial charge in [0.1, 0.15) is 0 Å². The number of aliphatic hydroxyl groups is 1. The number of aromatic nitrogens is 4. The molecule has 1 atom stereocenters. The van der Waals surface area contributed by atoms with E-state index >= 15 is 0 Å². The molecule has 0 aliphatic carbocycles. The van der Waals surface area contributed by atoms with Crippen molar-refractivity contribution in [3.63, 3.8) is 0 Å². The number of β-amino-alcohol motifs (C(OH)–C–C–N with tert-alkyl or cyclic N) is 1. The average Bonchev–Trinajstić information content (AvgIpc) is 3.32. The predicted molar refractivity (Wildman–Crippen MR) is 161 cm³/mol. The van der Waals surface area contributed by atoms with Crippen LogP contribution in [0.25, 0.3) is 11.2 Å². The fourth-order valence-electron chi connectivity index (χ4n) is 5.43. The number of nitrogens with zero attached hydrogens (tertiary/aromatic N) is 6. The number of aliphatic hydroxyl groups excluding tert-OH is 1. The second-order valence-electron chi connectivity index (χ2n) is 11.6. The number of hydrogen-bond acceptors (Lipinski definition) is 8. The quantitative estimate of drug-likeness (QED) is 0.349. The maximum absolute atomic E-state index is 12.9. The van der Waals surface area contributed by atoms with Gasteiger partial charge in [-0.2, -0.15) is 0 Å². The van der Waals surface area contributed by atoms with E-state index in [-0.39, 0.29) is 18.2 Å². The van der Waals surface area contributed by atoms with Crippen LogP contribution in [0.15, 0.2) is 32.9 Å². The summed E-state index contributed by atoms with van der Waals surface area (Å²) in [7, 11) is -1.92. The molecule has 1 N–H and O–H groups in total. The number of piperazine rings is 1. The van der Waals surface area contributed by atoms with Gasteiger partial charge in [-0.3, -0.25) is 18.8 Å². The molecule has 2 aromatic heterocycles. The minimum Gasteiger partial charge on any atom is -0.390 e. The standard InChI is InChI=1S/C28H41ClN6O5S/c1-19(2)15-35-26-25(27(37)31(5)28(35)38)34(18-30-26)17-22(36)16-33-10-8-32(9-11-33)7-6-12-41(39,40)23-13-20(3)24(29)21(4)14-23/h13-14,18-19,22,36H,6-12,15-17H2,1-5H3. The molecular weight excluding hydrogens is 568 g/mol. The summed E-state index contributed by atoms with van der Waals surface area (Å²) < 4.78 is 30.0. The topological polar surface area (TPSA) is 123 Å². The largest absolute Gasteiger partial charge is 0.390 e. The van der Waals surface area contributed by atoms with E-state index in [1.807, 2.05) is 27.7 Å². The lowest BCUT2D eigenvalue weighted by molar-refractivity contribution is 0.0650. The third kappa shape index (κ3) is 7.11. The number of sulfone groups is 1. The second-order valence-corrected chi connectivity index (χ2v) is 14.0. The number of imidazole rings is 1. The van der Waals surface area contributed by atoms with Crippen molar-refractivity contribution in [1.29, 1.82) is 0 Å². The third-order valence-electron chi connectivity index (χ3n) is 7.64. The lowest BCUT2D eigenvalue weighted by Gasteiger charge is -2.35. The molecule has 0 bridgehead atoms. The fourth-order valence-corrected chi connectivity index (χ4v) is 7.00. The highest BCUT2D eigenvalue weighted by atomic mass is 35.5. The van der Waals surface area contributed by atoms with Crippen LogP contribution >= 0.6 is 11.6 Å². The maximum atomic E-state index is 12.9. The average molecular weight is 609 g/mol. The highest BCUT2D eigenvalue weighted by Gasteiger charge is 2.23. The Labute approximate surface area is 245 Å². The first kappa shape index (κ1) is 31.4. The lowest BCUT2D eigenvalue weighted by Crippen LogP contribution is -2.49. The van der Waals surface area contributed by atoms with Gasteiger partial charge in [0.15, 0.2) is 21.0 Å². The monoisotopic (exact) mass is 608 g/mol. The van der Waals surface area contributed by atoms with Gasteiger partial charge >= 0.3 is 5.69 Å². The Morgan fingerprint density at radius 3 is 2.22 bits per heavy atom. The number of aryl methyl sites for hydroxylation is 2. The molecule has 3 aromatic rings. The van der Waals surface area contributed by atoms with Crippen LogP contribution < -0.4 is 11.2 Å². The number of hydrogen-bond donors (Lipinski definition) is 1. The summed E-state index contributed by atoms with van der Waals surface area (Å²) in [6, 6.07) is 3.29. The molecule has 1 aliphatic heterocycles. The van der Waals surface area contributed by atoms with E-state index in [1.54, 1.807) is 16.7 Å². The summed E-state index contributed by atoms with van der Waals surface area (Å²) in [5.41, 5.74) is 1.36. The molecule has 0 radical (unpaired) electrons. The van der Waals surface area contributed by atoms with Gasteiger partial charge in [-0.05, 0) is 56.0 Å². The summed E-state index contributed by atoms with van der Waals surface area (Å²) in [6.07, 6.45) is 1.33. The molecule has 0 amide bonds. The van der Waals surface area contributed by atoms with Crippen LogP contribution in [-0.2, 0) is 30.0 Å². The van der Waals surface area contributed by atoms with Crippen molar-refractivity contribution in [2.75, 3.05) is 45.0 Å². The molecular formula is C28H41ClN6O5S. The van der Waals surface area contributed by atoms with Crippen molar-refractivity contribution in [3.8, 4) is 0 Å². The summed E-state index contributed by atoms with van der Waals surface area (Å²) in [4.78, 5) is 34.6. The third-order valence-corrected chi connectivity index (χ3v) is 10.0. The molecule has 1 aliphatic rings. The van der Waals surface area contributed by atoms with E-state index in [9.17, 15) is 23.1 Å². The van der Waals surface area contributed by atoms with Crippen LogP contribution in [0.4, 0.5) is 0 Å². The summed E-state index contributed by atoms with van der Waals surface area (Å²) in [5.74, 6) is 0.277. The molecule has 1 fully saturated rings. The normalized spacial score (nSPS) is 16.2. The van der Waals surface area contributed by atoms with Gasteiger partial charge in [-0.25, -0.2) is 18.2 Å². The highest BCUT2D eigenvalue weighted by Crippen LogP contribution is 2.25. The molecule has 226 valence electrons. The minimum atomic E-state index is -3.39. The minimum absolute atomic E-state index is 0.0791. The van der Waals surface area contributed by atoms with E-state index in [0.717, 1.165) is 41.9 Å². The van der Waals surface area contributed by atoms with Crippen LogP contribution in [0.2, 0.25) is 5.02 Å². The Hall–Kier alpha value is -2.51. The first-order chi connectivity index (χ1) is 19.3. The number of rotatable bonds is 11. The zero-order chi connectivity index (χ0) is 30.1. The Morgan fingerprint density at radius 2 is 1.61 bits per heavy atom. The molecule has 1 saturated heterocycles. The van der Waals surface area contributed by atoms with Crippen molar-refractivity contribution in [2.24, 2.45) is 13.0 Å². The van der Waals surface area contributed by atoms with Gasteiger partial charge in [-0.1, -0.05) is 25.4 Å². The molecule has 0 saturated carbocycles. The van der Waals surface area contributed by atoms with Crippen LogP contribution in [0.5, 0.6) is 0 Å². The fraction of sp³-hybridized carbons (Fsp3) is 0.607. The lowest BCUT2D eigenvalue weighted by atomic mass is 10.2. The Balaban J connectivity index is 1.29. The smallest absolute Gasteiger partial charge is 0.332 e. The summed E-state index contributed by atoms with van der Waals surface area (Å²) in [6.45, 7) is 12.4. The van der Waals surface area contributed by atoms with Gasteiger partial charge in [-0.15, -0.1) is 0 Å². The van der Waals surface area contributed by atoms with Crippen LogP contribution in [-0.4, -0.2) is 93.1 Å². The molecule has 11 nitrogen and oxygen atoms in total. The second kappa shape index (κ2) is 12.8. The maximum Gasteiger partial charge on any atom is 0.332 e. The Bertz CT molecular complexity index is 1600. The van der Waals surface area contributed by atoms with Crippen LogP contribution in [0.1, 0.15) is 31.4 Å². The number of halogens is 1. The van der Waals surface area contributed by atoms with Crippen molar-refractivity contribution in [3.05, 3.63) is 55.4 Å². The predicted octanol–water partition coefficient (Wildman–Crippen LogP) is 1.67. The van der Waals surface area contributed by atoms with Crippen LogP contribution in [0.3, 0.4) is 0 Å². The van der Waals surface area contributed by atoms with E-state index < -0.39 is 27.2 Å². The van der Waals surface area contributed by atoms with Crippen molar-refractivity contribution >= 4 is 32.6 Å². The van der Waals surface area contributed by atoms with E-state index in [4.69, 9.17) is 11.6 Å². The zero-order valence-corrected chi connectivity index (χ0v) is 26.1. The van der Waals surface area contributed by atoms with Gasteiger partial charge in [0, 0.05) is 51.3 Å². The SMILES string of the molecule is Cc1cc(S(=O)(=O)CCCN2CCN(CC(O)Cn3cnc4c3c(=O)n(C)c(=O)n4CC(C)C)CC2)cc(C)c1Cl. The van der Waals surface area contributed by atoms with Gasteiger partial charge in [0.25, 0.3) is 5.56 Å². The number of fused-ring (bicyclic) bond motifs is 1. The van der Waals surface area contributed by atoms with Gasteiger partial charge < -0.3 is 14.6 Å². The summed E-state index contributed by atoms with van der Waals surface area (Å²) >= 11 is 6.19. The highest BCUT2D eigenvalue weighted by molar-refractivity contribution is 7.91. The molecule has 41 heavy (non-hydrogen) atoms. The van der Waals surface area contributed by atoms with Crippen molar-refractivity contribution in [2.45, 2.75) is 58.2 Å². The van der Waals surface area contributed by atoms with E-state index in [2.05, 4.69) is 14.8 Å². The molecule has 0 spiro atoms. The first-order valence-corrected chi connectivity index (χ1v) is 16.1. The molecule has 1 unspecified atom stereocenters. The molecule has 4 rings (SSSR count). The van der Waals surface area contributed by atoms with Crippen molar-refractivity contribution in [1.82, 2.24) is 28.5 Å². The van der Waals surface area contributed by atoms with E-state index in [1.165, 1.54) is 17.9 Å². The van der Waals surface area contributed by atoms with E-state index in [0.29, 0.717) is 47.1 Å². The zero-order valence-electron chi connectivity index (χ0n) is 24.5. The molecule has 3 heterocycles. The van der Waals surface area contributed by atoms with Crippen molar-refractivity contribution < 1.29 is 13.5 Å². The molecule has 1 aromatic carbocycles. The summed E-state index contributed by atoms with van der Waals surface area (Å²) in [5, 5.41) is 11.5. The van der Waals surface area contributed by atoms with Crippen LogP contribution in [0, 0.1) is 19.8 Å². The number of benzene rings is 1. The molecule has 13 heteroatoms.